The summed E-state index contributed by atoms with van der Waals surface area (Å²) in [4.78, 5) is 4.77. The Bertz CT molecular complexity index is 404. The first-order valence-corrected chi connectivity index (χ1v) is 9.26. The van der Waals surface area contributed by atoms with E-state index in [4.69, 9.17) is 5.73 Å². The Morgan fingerprint density at radius 3 is 2.37 bits per heavy atom. The van der Waals surface area contributed by atoms with Gasteiger partial charge in [0.05, 0.1) is 5.25 Å². The number of nitrogens with zero attached hydrogens (tertiary/aromatic N) is 2. The van der Waals surface area contributed by atoms with Crippen molar-refractivity contribution in [2.75, 3.05) is 45.5 Å². The van der Waals surface area contributed by atoms with E-state index in [-0.39, 0.29) is 10.8 Å². The summed E-state index contributed by atoms with van der Waals surface area (Å²) in [7, 11) is -3.03. The molecule has 1 saturated heterocycles. The van der Waals surface area contributed by atoms with Gasteiger partial charge in [0.15, 0.2) is 9.84 Å². The predicted molar refractivity (Wildman–Crippen MR) is 78.0 cm³/mol. The van der Waals surface area contributed by atoms with Crippen LogP contribution in [0.2, 0.25) is 0 Å². The van der Waals surface area contributed by atoms with Crippen LogP contribution >= 0.6 is 0 Å². The molecule has 2 aliphatic rings. The van der Waals surface area contributed by atoms with Crippen LogP contribution in [0.4, 0.5) is 0 Å². The minimum absolute atomic E-state index is 0.279. The third-order valence-corrected chi connectivity index (χ3v) is 6.70. The summed E-state index contributed by atoms with van der Waals surface area (Å²) in [6.45, 7) is 7.62. The van der Waals surface area contributed by atoms with Crippen molar-refractivity contribution in [3.63, 3.8) is 0 Å². The molecule has 0 bridgehead atoms. The second kappa shape index (κ2) is 5.68. The highest BCUT2D eigenvalue weighted by molar-refractivity contribution is 7.91. The van der Waals surface area contributed by atoms with Gasteiger partial charge in [0.1, 0.15) is 0 Å². The van der Waals surface area contributed by atoms with E-state index in [0.29, 0.717) is 6.54 Å². The van der Waals surface area contributed by atoms with E-state index in [1.54, 1.807) is 0 Å². The van der Waals surface area contributed by atoms with Crippen molar-refractivity contribution in [3.8, 4) is 0 Å². The summed E-state index contributed by atoms with van der Waals surface area (Å²) >= 11 is 0. The molecule has 2 fully saturated rings. The van der Waals surface area contributed by atoms with Crippen molar-refractivity contribution in [3.05, 3.63) is 0 Å². The van der Waals surface area contributed by atoms with Gasteiger partial charge in [-0.1, -0.05) is 13.3 Å². The highest BCUT2D eigenvalue weighted by Crippen LogP contribution is 2.39. The molecular weight excluding hydrogens is 262 g/mol. The first kappa shape index (κ1) is 15.2. The summed E-state index contributed by atoms with van der Waals surface area (Å²) < 4.78 is 24.2. The maximum absolute atomic E-state index is 12.1. The Morgan fingerprint density at radius 2 is 1.89 bits per heavy atom. The maximum atomic E-state index is 12.1. The Balaban J connectivity index is 2.18. The lowest BCUT2D eigenvalue weighted by Gasteiger charge is -2.48. The molecule has 0 aromatic heterocycles. The largest absolute Gasteiger partial charge is 0.329 e. The van der Waals surface area contributed by atoms with Crippen molar-refractivity contribution in [2.24, 2.45) is 5.73 Å². The quantitative estimate of drug-likeness (QED) is 0.784. The monoisotopic (exact) mass is 289 g/mol. The van der Waals surface area contributed by atoms with Crippen LogP contribution in [0.25, 0.3) is 0 Å². The van der Waals surface area contributed by atoms with Crippen LogP contribution in [-0.2, 0) is 9.84 Å². The second-order valence-corrected chi connectivity index (χ2v) is 8.17. The van der Waals surface area contributed by atoms with Crippen LogP contribution < -0.4 is 5.73 Å². The Hall–Kier alpha value is -0.170. The third-order valence-electron chi connectivity index (χ3n) is 4.99. The minimum Gasteiger partial charge on any atom is -0.329 e. The van der Waals surface area contributed by atoms with E-state index in [0.717, 1.165) is 52.0 Å². The SMILES string of the molecule is CCN1CCN(C2(CN)CCCC2S(C)(=O)=O)CC1. The average molecular weight is 289 g/mol. The molecule has 2 unspecified atom stereocenters. The van der Waals surface area contributed by atoms with Crippen molar-refractivity contribution < 1.29 is 8.42 Å². The van der Waals surface area contributed by atoms with Crippen LogP contribution in [-0.4, -0.2) is 74.5 Å². The normalized spacial score (nSPS) is 34.8. The molecule has 0 amide bonds. The van der Waals surface area contributed by atoms with E-state index in [1.165, 1.54) is 6.26 Å². The Labute approximate surface area is 117 Å². The molecule has 0 spiro atoms. The second-order valence-electron chi connectivity index (χ2n) is 5.94. The molecular formula is C13H27N3O2S. The number of sulfone groups is 1. The Morgan fingerprint density at radius 1 is 1.26 bits per heavy atom. The van der Waals surface area contributed by atoms with Gasteiger partial charge in [0.2, 0.25) is 0 Å². The first-order chi connectivity index (χ1) is 8.94. The van der Waals surface area contributed by atoms with Gasteiger partial charge in [-0.2, -0.15) is 0 Å². The zero-order valence-corrected chi connectivity index (χ0v) is 13.0. The summed E-state index contributed by atoms with van der Waals surface area (Å²) in [5.41, 5.74) is 5.72. The number of hydrogen-bond acceptors (Lipinski definition) is 5. The van der Waals surface area contributed by atoms with E-state index in [1.807, 2.05) is 0 Å². The molecule has 5 nitrogen and oxygen atoms in total. The van der Waals surface area contributed by atoms with Crippen LogP contribution in [0, 0.1) is 0 Å². The number of piperazine rings is 1. The molecule has 2 rings (SSSR count). The van der Waals surface area contributed by atoms with E-state index in [9.17, 15) is 8.42 Å². The minimum atomic E-state index is -3.03. The first-order valence-electron chi connectivity index (χ1n) is 7.30. The van der Waals surface area contributed by atoms with E-state index < -0.39 is 9.84 Å². The van der Waals surface area contributed by atoms with Gasteiger partial charge in [-0.15, -0.1) is 0 Å². The van der Waals surface area contributed by atoms with Crippen molar-refractivity contribution in [1.29, 1.82) is 0 Å². The number of hydrogen-bond donors (Lipinski definition) is 1. The zero-order chi connectivity index (χ0) is 14.1. The van der Waals surface area contributed by atoms with Gasteiger partial charge in [-0.05, 0) is 19.4 Å². The highest BCUT2D eigenvalue weighted by Gasteiger charge is 2.51. The number of likely N-dealkylation sites (N-methyl/N-ethyl adjacent to an activating group) is 1. The smallest absolute Gasteiger partial charge is 0.152 e. The molecule has 2 atom stereocenters. The number of nitrogens with two attached hydrogens (primary N) is 1. The van der Waals surface area contributed by atoms with Gasteiger partial charge >= 0.3 is 0 Å². The fourth-order valence-corrected chi connectivity index (χ4v) is 5.62. The third kappa shape index (κ3) is 2.82. The summed E-state index contributed by atoms with van der Waals surface area (Å²) in [5, 5.41) is -0.279. The molecule has 19 heavy (non-hydrogen) atoms. The van der Waals surface area contributed by atoms with Gasteiger partial charge in [0.25, 0.3) is 0 Å². The van der Waals surface area contributed by atoms with Crippen molar-refractivity contribution >= 4 is 9.84 Å². The van der Waals surface area contributed by atoms with Crippen LogP contribution in [0.1, 0.15) is 26.2 Å². The average Bonchev–Trinajstić information content (AvgIpc) is 2.84. The zero-order valence-electron chi connectivity index (χ0n) is 12.1. The topological polar surface area (TPSA) is 66.6 Å². The fraction of sp³-hybridized carbons (Fsp3) is 1.00. The maximum Gasteiger partial charge on any atom is 0.152 e. The fourth-order valence-electron chi connectivity index (χ4n) is 3.87. The molecule has 1 heterocycles. The van der Waals surface area contributed by atoms with E-state index in [2.05, 4.69) is 16.7 Å². The summed E-state index contributed by atoms with van der Waals surface area (Å²) in [6, 6.07) is 0. The lowest BCUT2D eigenvalue weighted by Crippen LogP contribution is -2.64. The van der Waals surface area contributed by atoms with Crippen molar-refractivity contribution in [1.82, 2.24) is 9.80 Å². The molecule has 1 aliphatic heterocycles. The van der Waals surface area contributed by atoms with Crippen LogP contribution in [0.5, 0.6) is 0 Å². The van der Waals surface area contributed by atoms with Crippen LogP contribution in [0.3, 0.4) is 0 Å². The molecule has 1 saturated carbocycles. The van der Waals surface area contributed by atoms with Gasteiger partial charge < -0.3 is 10.6 Å². The number of rotatable bonds is 4. The standard InChI is InChI=1S/C13H27N3O2S/c1-3-15-7-9-16(10-8-15)13(11-14)6-4-5-12(13)19(2,17)18/h12H,3-11,14H2,1-2H3. The van der Waals surface area contributed by atoms with Gasteiger partial charge in [-0.25, -0.2) is 8.42 Å². The Kier molecular flexibility index (Phi) is 4.55. The molecule has 1 aliphatic carbocycles. The van der Waals surface area contributed by atoms with Gasteiger partial charge in [0, 0.05) is 44.5 Å². The van der Waals surface area contributed by atoms with Gasteiger partial charge in [-0.3, -0.25) is 4.90 Å². The van der Waals surface area contributed by atoms with Crippen LogP contribution in [0.15, 0.2) is 0 Å². The molecule has 2 N–H and O–H groups in total. The predicted octanol–water partition coefficient (Wildman–Crippen LogP) is -0.0815. The molecule has 0 aromatic rings. The molecule has 6 heteroatoms. The lowest BCUT2D eigenvalue weighted by atomic mass is 9.93. The molecule has 0 aromatic carbocycles. The lowest BCUT2D eigenvalue weighted by molar-refractivity contribution is 0.0433. The summed E-state index contributed by atoms with van der Waals surface area (Å²) in [6.07, 6.45) is 4.04. The molecule has 0 radical (unpaired) electrons. The highest BCUT2D eigenvalue weighted by atomic mass is 32.2. The van der Waals surface area contributed by atoms with Crippen molar-refractivity contribution in [2.45, 2.75) is 37.0 Å². The molecule has 112 valence electrons. The summed E-state index contributed by atoms with van der Waals surface area (Å²) in [5.74, 6) is 0. The van der Waals surface area contributed by atoms with E-state index >= 15 is 0 Å².